The molecule has 6 heteroatoms. The first-order chi connectivity index (χ1) is 12.6. The van der Waals surface area contributed by atoms with E-state index in [4.69, 9.17) is 10.5 Å². The van der Waals surface area contributed by atoms with Crippen LogP contribution in [-0.2, 0) is 4.74 Å². The molecule has 1 amide bonds. The lowest BCUT2D eigenvalue weighted by Crippen LogP contribution is -2.46. The highest BCUT2D eigenvalue weighted by molar-refractivity contribution is 5.65. The van der Waals surface area contributed by atoms with Crippen LogP contribution in [0.15, 0.2) is 54.6 Å². The van der Waals surface area contributed by atoms with Crippen molar-refractivity contribution in [3.63, 3.8) is 0 Å². The van der Waals surface area contributed by atoms with Crippen LogP contribution in [0.2, 0.25) is 0 Å². The lowest BCUT2D eigenvalue weighted by atomic mass is 10.1. The summed E-state index contributed by atoms with van der Waals surface area (Å²) in [6, 6.07) is 17.0. The molecule has 1 fully saturated rings. The fourth-order valence-corrected chi connectivity index (χ4v) is 3.29. The topological polar surface area (TPSA) is 79.0 Å². The monoisotopic (exact) mass is 355 g/mol. The Kier molecular flexibility index (Phi) is 5.96. The van der Waals surface area contributed by atoms with Gasteiger partial charge in [0.2, 0.25) is 0 Å². The average Bonchev–Trinajstić information content (AvgIpc) is 2.67. The average molecular weight is 355 g/mol. The summed E-state index contributed by atoms with van der Waals surface area (Å²) in [7, 11) is 0. The number of aromatic hydroxyl groups is 1. The van der Waals surface area contributed by atoms with Crippen molar-refractivity contribution in [1.29, 1.82) is 0 Å². The number of nitrogens with two attached hydrogens (primary N) is 1. The Morgan fingerprint density at radius 3 is 2.31 bits per heavy atom. The third kappa shape index (κ3) is 4.89. The number of phenolic OH excluding ortho intramolecular Hbond substituents is 1. The highest BCUT2D eigenvalue weighted by Crippen LogP contribution is 2.23. The van der Waals surface area contributed by atoms with Crippen LogP contribution in [0.5, 0.6) is 5.75 Å². The number of hydrogen-bond donors (Lipinski definition) is 2. The molecule has 0 spiro atoms. The summed E-state index contributed by atoms with van der Waals surface area (Å²) in [6.07, 6.45) is -0.341. The van der Waals surface area contributed by atoms with E-state index in [9.17, 15) is 9.90 Å². The van der Waals surface area contributed by atoms with Crippen LogP contribution in [0.4, 0.5) is 10.5 Å². The molecule has 1 heterocycles. The summed E-state index contributed by atoms with van der Waals surface area (Å²) in [5, 5.41) is 9.40. The number of amides is 1. The Morgan fingerprint density at radius 1 is 1.04 bits per heavy atom. The molecule has 26 heavy (non-hydrogen) atoms. The number of nitrogens with zero attached hydrogens (tertiary/aromatic N) is 2. The molecule has 0 aliphatic carbocycles. The van der Waals surface area contributed by atoms with Gasteiger partial charge in [-0.1, -0.05) is 30.3 Å². The molecule has 1 aliphatic rings. The van der Waals surface area contributed by atoms with Crippen LogP contribution >= 0.6 is 0 Å². The lowest BCUT2D eigenvalue weighted by Gasteiger charge is -2.36. The van der Waals surface area contributed by atoms with Crippen molar-refractivity contribution in [1.82, 2.24) is 4.90 Å². The zero-order valence-electron chi connectivity index (χ0n) is 14.8. The molecule has 0 radical (unpaired) electrons. The van der Waals surface area contributed by atoms with Gasteiger partial charge in [-0.25, -0.2) is 4.79 Å². The number of rotatable bonds is 6. The van der Waals surface area contributed by atoms with Gasteiger partial charge >= 0.3 is 6.09 Å². The Hall–Kier alpha value is -2.73. The van der Waals surface area contributed by atoms with Crippen LogP contribution in [-0.4, -0.2) is 48.8 Å². The number of anilines is 1. The minimum absolute atomic E-state index is 0.286. The standard InChI is InChI=1S/C20H25N3O3/c21-20(25)26-19(16-4-2-1-3-5-16)10-11-22-12-14-23(15-13-22)17-6-8-18(24)9-7-17/h1-9,19,24H,10-15H2,(H2,21,25)/t19-/m1/s1. The Labute approximate surface area is 153 Å². The summed E-state index contributed by atoms with van der Waals surface area (Å²) in [6.45, 7) is 4.59. The molecule has 2 aromatic carbocycles. The summed E-state index contributed by atoms with van der Waals surface area (Å²) in [5.74, 6) is 0.286. The van der Waals surface area contributed by atoms with Crippen molar-refractivity contribution >= 4 is 11.8 Å². The predicted octanol–water partition coefficient (Wildman–Crippen LogP) is 2.74. The molecule has 1 aliphatic heterocycles. The maximum Gasteiger partial charge on any atom is 0.405 e. The van der Waals surface area contributed by atoms with Gasteiger partial charge in [-0.3, -0.25) is 4.90 Å². The van der Waals surface area contributed by atoms with Crippen LogP contribution in [0.3, 0.4) is 0 Å². The fraction of sp³-hybridized carbons (Fsp3) is 0.350. The van der Waals surface area contributed by atoms with Gasteiger partial charge in [-0.15, -0.1) is 0 Å². The molecule has 2 aromatic rings. The summed E-state index contributed by atoms with van der Waals surface area (Å²) >= 11 is 0. The van der Waals surface area contributed by atoms with Crippen molar-refractivity contribution < 1.29 is 14.6 Å². The molecule has 6 nitrogen and oxygen atoms in total. The largest absolute Gasteiger partial charge is 0.508 e. The maximum atomic E-state index is 11.2. The molecule has 138 valence electrons. The molecule has 1 atom stereocenters. The van der Waals surface area contributed by atoms with Crippen molar-refractivity contribution in [2.24, 2.45) is 5.73 Å². The first-order valence-corrected chi connectivity index (χ1v) is 8.89. The highest BCUT2D eigenvalue weighted by Gasteiger charge is 2.20. The number of primary amides is 1. The Balaban J connectivity index is 1.51. The number of hydrogen-bond acceptors (Lipinski definition) is 5. The van der Waals surface area contributed by atoms with Gasteiger partial charge in [0, 0.05) is 44.8 Å². The minimum Gasteiger partial charge on any atom is -0.508 e. The van der Waals surface area contributed by atoms with Crippen molar-refractivity contribution in [3.05, 3.63) is 60.2 Å². The van der Waals surface area contributed by atoms with E-state index in [1.807, 2.05) is 42.5 Å². The third-order valence-corrected chi connectivity index (χ3v) is 4.72. The molecular formula is C20H25N3O3. The molecular weight excluding hydrogens is 330 g/mol. The fourth-order valence-electron chi connectivity index (χ4n) is 3.29. The number of carbonyl (C=O) groups is 1. The van der Waals surface area contributed by atoms with Gasteiger partial charge in [0.1, 0.15) is 11.9 Å². The van der Waals surface area contributed by atoms with Crippen molar-refractivity contribution in [2.75, 3.05) is 37.6 Å². The zero-order chi connectivity index (χ0) is 18.4. The van der Waals surface area contributed by atoms with Crippen LogP contribution < -0.4 is 10.6 Å². The second kappa shape index (κ2) is 8.58. The van der Waals surface area contributed by atoms with Gasteiger partial charge < -0.3 is 20.5 Å². The van der Waals surface area contributed by atoms with Crippen LogP contribution in [0.1, 0.15) is 18.1 Å². The summed E-state index contributed by atoms with van der Waals surface area (Å²) in [5.41, 5.74) is 7.33. The van der Waals surface area contributed by atoms with E-state index < -0.39 is 6.09 Å². The first-order valence-electron chi connectivity index (χ1n) is 8.89. The van der Waals surface area contributed by atoms with Gasteiger partial charge in [0.15, 0.2) is 0 Å². The normalized spacial score (nSPS) is 16.2. The number of ether oxygens (including phenoxy) is 1. The zero-order valence-corrected chi connectivity index (χ0v) is 14.8. The summed E-state index contributed by atoms with van der Waals surface area (Å²) in [4.78, 5) is 15.9. The van der Waals surface area contributed by atoms with Gasteiger partial charge in [0.05, 0.1) is 0 Å². The number of piperazine rings is 1. The van der Waals surface area contributed by atoms with Crippen molar-refractivity contribution in [3.8, 4) is 5.75 Å². The van der Waals surface area contributed by atoms with E-state index in [0.717, 1.165) is 44.0 Å². The van der Waals surface area contributed by atoms with Crippen LogP contribution in [0, 0.1) is 0 Å². The third-order valence-electron chi connectivity index (χ3n) is 4.72. The summed E-state index contributed by atoms with van der Waals surface area (Å²) < 4.78 is 5.31. The Bertz CT molecular complexity index is 698. The van der Waals surface area contributed by atoms with E-state index in [1.165, 1.54) is 0 Å². The molecule has 0 bridgehead atoms. The van der Waals surface area contributed by atoms with Crippen LogP contribution in [0.25, 0.3) is 0 Å². The quantitative estimate of drug-likeness (QED) is 0.833. The SMILES string of the molecule is NC(=O)O[C@H](CCN1CCN(c2ccc(O)cc2)CC1)c1ccccc1. The van der Waals surface area contributed by atoms with Gasteiger partial charge in [-0.2, -0.15) is 0 Å². The molecule has 1 saturated heterocycles. The van der Waals surface area contributed by atoms with E-state index >= 15 is 0 Å². The first kappa shape index (κ1) is 18.1. The molecule has 0 aromatic heterocycles. The molecule has 3 N–H and O–H groups in total. The molecule has 0 saturated carbocycles. The second-order valence-electron chi connectivity index (χ2n) is 6.47. The number of phenols is 1. The van der Waals surface area contributed by atoms with Crippen molar-refractivity contribution in [2.45, 2.75) is 12.5 Å². The minimum atomic E-state index is -0.740. The van der Waals surface area contributed by atoms with Gasteiger partial charge in [0.25, 0.3) is 0 Å². The lowest BCUT2D eigenvalue weighted by molar-refractivity contribution is 0.0910. The Morgan fingerprint density at radius 2 is 1.69 bits per heavy atom. The van der Waals surface area contributed by atoms with E-state index in [-0.39, 0.29) is 11.9 Å². The van der Waals surface area contributed by atoms with E-state index in [1.54, 1.807) is 12.1 Å². The number of benzene rings is 2. The second-order valence-corrected chi connectivity index (χ2v) is 6.47. The highest BCUT2D eigenvalue weighted by atomic mass is 16.6. The van der Waals surface area contributed by atoms with E-state index in [0.29, 0.717) is 6.42 Å². The maximum absolute atomic E-state index is 11.2. The predicted molar refractivity (Wildman–Crippen MR) is 101 cm³/mol. The smallest absolute Gasteiger partial charge is 0.405 e. The molecule has 0 unspecified atom stereocenters. The number of carbonyl (C=O) groups excluding carboxylic acids is 1. The molecule has 3 rings (SSSR count). The van der Waals surface area contributed by atoms with E-state index in [2.05, 4.69) is 9.80 Å². The van der Waals surface area contributed by atoms with Gasteiger partial charge in [-0.05, 0) is 29.8 Å².